The Bertz CT molecular complexity index is 499. The number of rotatable bonds is 5. The summed E-state index contributed by atoms with van der Waals surface area (Å²) in [6.45, 7) is -0.120. The molecule has 1 aliphatic carbocycles. The average molecular weight is 257 g/mol. The van der Waals surface area contributed by atoms with E-state index in [1.807, 2.05) is 0 Å². The van der Waals surface area contributed by atoms with Gasteiger partial charge in [-0.2, -0.15) is 4.31 Å². The summed E-state index contributed by atoms with van der Waals surface area (Å²) in [5.41, 5.74) is 5.77. The van der Waals surface area contributed by atoms with Gasteiger partial charge in [0.25, 0.3) is 10.0 Å². The maximum atomic E-state index is 12.3. The summed E-state index contributed by atoms with van der Waals surface area (Å²) >= 11 is 0. The maximum absolute atomic E-state index is 12.3. The highest BCUT2D eigenvalue weighted by Gasteiger charge is 2.39. The lowest BCUT2D eigenvalue weighted by Gasteiger charge is -2.20. The van der Waals surface area contributed by atoms with Gasteiger partial charge in [0.15, 0.2) is 5.03 Å². The van der Waals surface area contributed by atoms with Crippen molar-refractivity contribution in [1.82, 2.24) is 9.29 Å². The largest absolute Gasteiger partial charge is 0.396 e. The first-order valence-corrected chi connectivity index (χ1v) is 6.84. The number of hydrogen-bond acceptors (Lipinski definition) is 5. The van der Waals surface area contributed by atoms with Crippen molar-refractivity contribution >= 4 is 15.7 Å². The van der Waals surface area contributed by atoms with Crippen molar-refractivity contribution in [3.05, 3.63) is 18.3 Å². The van der Waals surface area contributed by atoms with E-state index in [1.165, 1.54) is 16.6 Å². The Labute approximate surface area is 100 Å². The normalized spacial score (nSPS) is 16.4. The number of anilines is 1. The quantitative estimate of drug-likeness (QED) is 0.762. The molecular weight excluding hydrogens is 242 g/mol. The number of pyridine rings is 1. The predicted molar refractivity (Wildman–Crippen MR) is 62.6 cm³/mol. The Morgan fingerprint density at radius 3 is 2.76 bits per heavy atom. The Hall–Kier alpha value is -1.18. The Morgan fingerprint density at radius 1 is 1.53 bits per heavy atom. The molecule has 0 saturated heterocycles. The van der Waals surface area contributed by atoms with E-state index in [0.717, 1.165) is 12.8 Å². The van der Waals surface area contributed by atoms with Gasteiger partial charge in [0, 0.05) is 18.8 Å². The lowest BCUT2D eigenvalue weighted by molar-refractivity contribution is 0.250. The maximum Gasteiger partial charge on any atom is 0.262 e. The zero-order valence-corrected chi connectivity index (χ0v) is 10.1. The lowest BCUT2D eigenvalue weighted by atomic mass is 10.4. The van der Waals surface area contributed by atoms with Crippen LogP contribution in [0.15, 0.2) is 23.4 Å². The third-order valence-electron chi connectivity index (χ3n) is 2.63. The van der Waals surface area contributed by atoms with Crippen molar-refractivity contribution in [3.63, 3.8) is 0 Å². The van der Waals surface area contributed by atoms with Gasteiger partial charge in [0.2, 0.25) is 0 Å². The van der Waals surface area contributed by atoms with Gasteiger partial charge in [-0.15, -0.1) is 0 Å². The number of nitrogens with zero attached hydrogens (tertiary/aromatic N) is 2. The molecule has 0 bridgehead atoms. The zero-order valence-electron chi connectivity index (χ0n) is 9.28. The van der Waals surface area contributed by atoms with Gasteiger partial charge in [0.05, 0.1) is 12.3 Å². The molecule has 0 aromatic carbocycles. The van der Waals surface area contributed by atoms with Crippen LogP contribution in [0.25, 0.3) is 0 Å². The molecule has 1 heterocycles. The Balaban J connectivity index is 2.37. The summed E-state index contributed by atoms with van der Waals surface area (Å²) in [6, 6.07) is 3.07. The third kappa shape index (κ3) is 2.41. The van der Waals surface area contributed by atoms with Gasteiger partial charge in [-0.25, -0.2) is 13.4 Å². The molecule has 1 aromatic rings. The van der Waals surface area contributed by atoms with Crippen LogP contribution in [0.1, 0.15) is 12.8 Å². The molecule has 0 atom stereocenters. The molecule has 0 spiro atoms. The van der Waals surface area contributed by atoms with Crippen molar-refractivity contribution in [2.45, 2.75) is 23.9 Å². The van der Waals surface area contributed by atoms with Crippen LogP contribution in [0.4, 0.5) is 5.69 Å². The van der Waals surface area contributed by atoms with Gasteiger partial charge >= 0.3 is 0 Å². The minimum Gasteiger partial charge on any atom is -0.396 e. The first-order chi connectivity index (χ1) is 8.07. The number of nitrogens with two attached hydrogens (primary N) is 1. The Kier molecular flexibility index (Phi) is 3.32. The highest BCUT2D eigenvalue weighted by atomic mass is 32.2. The Morgan fingerprint density at radius 2 is 2.24 bits per heavy atom. The van der Waals surface area contributed by atoms with Crippen LogP contribution in [-0.4, -0.2) is 42.0 Å². The fourth-order valence-electron chi connectivity index (χ4n) is 1.69. The number of aromatic nitrogens is 1. The van der Waals surface area contributed by atoms with E-state index in [2.05, 4.69) is 4.98 Å². The van der Waals surface area contributed by atoms with E-state index in [9.17, 15) is 8.42 Å². The molecule has 7 heteroatoms. The summed E-state index contributed by atoms with van der Waals surface area (Å²) in [7, 11) is -3.69. The minimum atomic E-state index is -3.69. The lowest BCUT2D eigenvalue weighted by Crippen LogP contribution is -2.36. The van der Waals surface area contributed by atoms with E-state index in [-0.39, 0.29) is 29.9 Å². The monoisotopic (exact) mass is 257 g/mol. The highest BCUT2D eigenvalue weighted by molar-refractivity contribution is 7.89. The van der Waals surface area contributed by atoms with Gasteiger partial charge in [0.1, 0.15) is 0 Å². The van der Waals surface area contributed by atoms with Crippen LogP contribution in [-0.2, 0) is 10.0 Å². The number of sulfonamides is 1. The van der Waals surface area contributed by atoms with Gasteiger partial charge in [-0.3, -0.25) is 0 Å². The highest BCUT2D eigenvalue weighted by Crippen LogP contribution is 2.32. The average Bonchev–Trinajstić information content (AvgIpc) is 3.10. The second kappa shape index (κ2) is 4.59. The summed E-state index contributed by atoms with van der Waals surface area (Å²) in [4.78, 5) is 3.83. The van der Waals surface area contributed by atoms with Crippen LogP contribution in [0.3, 0.4) is 0 Å². The van der Waals surface area contributed by atoms with Gasteiger partial charge in [-0.05, 0) is 25.0 Å². The van der Waals surface area contributed by atoms with Crippen LogP contribution in [0, 0.1) is 0 Å². The van der Waals surface area contributed by atoms with Crippen LogP contribution >= 0.6 is 0 Å². The summed E-state index contributed by atoms with van der Waals surface area (Å²) in [5, 5.41) is 8.81. The van der Waals surface area contributed by atoms with Gasteiger partial charge < -0.3 is 10.8 Å². The van der Waals surface area contributed by atoms with E-state index < -0.39 is 10.0 Å². The SMILES string of the molecule is Nc1cccnc1S(=O)(=O)N(CCO)C1CC1. The zero-order chi connectivity index (χ0) is 12.5. The van der Waals surface area contributed by atoms with Gasteiger partial charge in [-0.1, -0.05) is 0 Å². The first-order valence-electron chi connectivity index (χ1n) is 5.40. The smallest absolute Gasteiger partial charge is 0.262 e. The third-order valence-corrected chi connectivity index (χ3v) is 4.56. The number of hydrogen-bond donors (Lipinski definition) is 2. The molecule has 1 saturated carbocycles. The molecule has 0 radical (unpaired) electrons. The molecule has 6 nitrogen and oxygen atoms in total. The van der Waals surface area contributed by atoms with E-state index in [4.69, 9.17) is 10.8 Å². The van der Waals surface area contributed by atoms with Crippen molar-refractivity contribution in [2.24, 2.45) is 0 Å². The summed E-state index contributed by atoms with van der Waals surface area (Å²) < 4.78 is 25.9. The number of aliphatic hydroxyl groups is 1. The molecule has 94 valence electrons. The topological polar surface area (TPSA) is 96.5 Å². The second-order valence-electron chi connectivity index (χ2n) is 3.97. The molecule has 0 unspecified atom stereocenters. The second-order valence-corrected chi connectivity index (χ2v) is 5.77. The van der Waals surface area contributed by atoms with E-state index in [1.54, 1.807) is 6.07 Å². The molecule has 0 aliphatic heterocycles. The molecule has 2 rings (SSSR count). The van der Waals surface area contributed by atoms with Crippen molar-refractivity contribution in [2.75, 3.05) is 18.9 Å². The molecule has 1 fully saturated rings. The molecule has 0 amide bonds. The minimum absolute atomic E-state index is 0.0199. The predicted octanol–water partition coefficient (Wildman–Crippen LogP) is -0.191. The fraction of sp³-hybridized carbons (Fsp3) is 0.500. The van der Waals surface area contributed by atoms with Crippen molar-refractivity contribution in [1.29, 1.82) is 0 Å². The molecule has 1 aromatic heterocycles. The molecule has 17 heavy (non-hydrogen) atoms. The standard InChI is InChI=1S/C10H15N3O3S/c11-9-2-1-5-12-10(9)17(15,16)13(6-7-14)8-3-4-8/h1-2,5,8,14H,3-4,6-7,11H2. The molecule has 3 N–H and O–H groups in total. The summed E-state index contributed by atoms with van der Waals surface area (Å²) in [5.74, 6) is 0. The van der Waals surface area contributed by atoms with Crippen molar-refractivity contribution in [3.8, 4) is 0 Å². The number of aliphatic hydroxyl groups excluding tert-OH is 1. The fourth-order valence-corrected chi connectivity index (χ4v) is 3.40. The van der Waals surface area contributed by atoms with Crippen molar-refractivity contribution < 1.29 is 13.5 Å². The van der Waals surface area contributed by atoms with Crippen LogP contribution < -0.4 is 5.73 Å². The molecular formula is C10H15N3O3S. The number of nitrogen functional groups attached to an aromatic ring is 1. The van der Waals surface area contributed by atoms with Crippen LogP contribution in [0.5, 0.6) is 0 Å². The van der Waals surface area contributed by atoms with Crippen LogP contribution in [0.2, 0.25) is 0 Å². The van der Waals surface area contributed by atoms with E-state index in [0.29, 0.717) is 0 Å². The summed E-state index contributed by atoms with van der Waals surface area (Å²) in [6.07, 6.45) is 3.05. The molecule has 1 aliphatic rings. The van der Waals surface area contributed by atoms with E-state index >= 15 is 0 Å². The first kappa shape index (κ1) is 12.3.